The average molecular weight is 478 g/mol. The monoisotopic (exact) mass is 477 g/mol. The van der Waals surface area contributed by atoms with E-state index in [4.69, 9.17) is 9.47 Å². The molecule has 0 aliphatic rings. The number of unbranched alkanes of at least 4 members (excludes halogenated alkanes) is 11. The minimum atomic E-state index is -0.122. The van der Waals surface area contributed by atoms with E-state index in [1.165, 1.54) is 70.6 Å². The number of nitrogens with zero attached hydrogens (tertiary/aromatic N) is 1. The van der Waals surface area contributed by atoms with E-state index in [0.29, 0.717) is 0 Å². The summed E-state index contributed by atoms with van der Waals surface area (Å²) in [5, 5.41) is 0. The molecule has 0 saturated carbocycles. The molecular weight excluding hydrogens is 418 g/mol. The second kappa shape index (κ2) is 26.7. The van der Waals surface area contributed by atoms with Crippen molar-refractivity contribution < 1.29 is 9.47 Å². The van der Waals surface area contributed by atoms with Crippen LogP contribution in [0.1, 0.15) is 124 Å². The van der Waals surface area contributed by atoms with Gasteiger partial charge in [-0.3, -0.25) is 0 Å². The quantitative estimate of drug-likeness (QED) is 0.0742. The van der Waals surface area contributed by atoms with Crippen LogP contribution < -0.4 is 0 Å². The van der Waals surface area contributed by atoms with Crippen molar-refractivity contribution in [1.82, 2.24) is 4.90 Å². The van der Waals surface area contributed by atoms with E-state index in [1.807, 2.05) is 0 Å². The third-order valence-electron chi connectivity index (χ3n) is 6.30. The maximum atomic E-state index is 6.13. The number of hydrogen-bond acceptors (Lipinski definition) is 3. The van der Waals surface area contributed by atoms with Crippen molar-refractivity contribution in [1.29, 1.82) is 0 Å². The zero-order chi connectivity index (χ0) is 25.1. The van der Waals surface area contributed by atoms with Gasteiger partial charge in [-0.05, 0) is 72.4 Å². The fourth-order valence-corrected chi connectivity index (χ4v) is 3.68. The van der Waals surface area contributed by atoms with Crippen LogP contribution in [0.5, 0.6) is 0 Å². The van der Waals surface area contributed by atoms with Gasteiger partial charge >= 0.3 is 0 Å². The minimum absolute atomic E-state index is 0.122. The maximum Gasteiger partial charge on any atom is 0.172 e. The molecule has 0 rings (SSSR count). The van der Waals surface area contributed by atoms with Crippen LogP contribution in [0.2, 0.25) is 0 Å². The lowest BCUT2D eigenvalue weighted by Gasteiger charge is -2.29. The van der Waals surface area contributed by atoms with Crippen molar-refractivity contribution in [2.45, 2.75) is 136 Å². The molecule has 0 saturated heterocycles. The first-order chi connectivity index (χ1) is 16.6. The fourth-order valence-electron chi connectivity index (χ4n) is 3.68. The molecule has 34 heavy (non-hydrogen) atoms. The topological polar surface area (TPSA) is 21.7 Å². The van der Waals surface area contributed by atoms with Crippen LogP contribution in [0.3, 0.4) is 0 Å². The molecule has 0 aliphatic carbocycles. The Kier molecular flexibility index (Phi) is 26.0. The van der Waals surface area contributed by atoms with Gasteiger partial charge in [0.05, 0.1) is 6.04 Å². The van der Waals surface area contributed by atoms with Gasteiger partial charge in [0.1, 0.15) is 0 Å². The summed E-state index contributed by atoms with van der Waals surface area (Å²) >= 11 is 0. The molecular formula is C31H59NO2. The molecule has 1 unspecified atom stereocenters. The third kappa shape index (κ3) is 22.9. The first kappa shape index (κ1) is 33.1. The fraction of sp³-hybridized carbons (Fsp3) is 0.806. The highest BCUT2D eigenvalue weighted by atomic mass is 16.7. The van der Waals surface area contributed by atoms with Crippen LogP contribution in [0.4, 0.5) is 0 Å². The minimum Gasteiger partial charge on any atom is -0.351 e. The molecule has 0 amide bonds. The molecule has 0 N–H and O–H groups in total. The second-order valence-electron chi connectivity index (χ2n) is 9.81. The Labute approximate surface area is 214 Å². The van der Waals surface area contributed by atoms with Crippen LogP contribution in [-0.2, 0) is 9.47 Å². The summed E-state index contributed by atoms with van der Waals surface area (Å²) in [6.45, 7) is 8.31. The van der Waals surface area contributed by atoms with Crippen molar-refractivity contribution in [3.05, 3.63) is 36.5 Å². The lowest BCUT2D eigenvalue weighted by molar-refractivity contribution is -0.172. The van der Waals surface area contributed by atoms with Crippen LogP contribution >= 0.6 is 0 Å². The summed E-state index contributed by atoms with van der Waals surface area (Å²) in [6.07, 6.45) is 33.5. The van der Waals surface area contributed by atoms with Gasteiger partial charge in [0.25, 0.3) is 0 Å². The predicted molar refractivity (Wildman–Crippen MR) is 151 cm³/mol. The van der Waals surface area contributed by atoms with Crippen LogP contribution in [0.25, 0.3) is 0 Å². The zero-order valence-electron chi connectivity index (χ0n) is 23.6. The Morgan fingerprint density at radius 2 is 0.971 bits per heavy atom. The van der Waals surface area contributed by atoms with E-state index < -0.39 is 0 Å². The molecule has 0 spiro atoms. The highest BCUT2D eigenvalue weighted by Crippen LogP contribution is 2.11. The molecule has 200 valence electrons. The molecule has 0 fully saturated rings. The summed E-state index contributed by atoms with van der Waals surface area (Å²) in [5.74, 6) is 0. The maximum absolute atomic E-state index is 6.13. The van der Waals surface area contributed by atoms with Crippen molar-refractivity contribution in [3.63, 3.8) is 0 Å². The summed E-state index contributed by atoms with van der Waals surface area (Å²) in [6, 6.07) is 0.271. The standard InChI is InChI=1S/C31H59NO2/c1-6-8-10-12-14-15-16-17-18-19-20-21-22-23-25-27-29-34-31(30(3)32(4)5)33-28-26-24-13-11-9-7-2/h14-15,17-18,20-21,30-31H,6-13,16,19,22-29H2,1-5H3/b15-14-,18-17-,21-20-/t30-,31?/m0/s1. The molecule has 0 aromatic rings. The smallest absolute Gasteiger partial charge is 0.172 e. The van der Waals surface area contributed by atoms with Gasteiger partial charge in [-0.25, -0.2) is 0 Å². The first-order valence-corrected chi connectivity index (χ1v) is 14.5. The molecule has 0 heterocycles. The Bertz CT molecular complexity index is 484. The molecule has 0 aromatic heterocycles. The molecule has 0 radical (unpaired) electrons. The van der Waals surface area contributed by atoms with Gasteiger partial charge in [-0.1, -0.05) is 102 Å². The number of rotatable bonds is 25. The summed E-state index contributed by atoms with van der Waals surface area (Å²) in [7, 11) is 4.20. The zero-order valence-corrected chi connectivity index (χ0v) is 23.6. The van der Waals surface area contributed by atoms with Crippen LogP contribution in [0.15, 0.2) is 36.5 Å². The molecule has 3 heteroatoms. The Morgan fingerprint density at radius 3 is 1.50 bits per heavy atom. The molecule has 3 nitrogen and oxygen atoms in total. The number of hydrogen-bond donors (Lipinski definition) is 0. The van der Waals surface area contributed by atoms with Crippen LogP contribution in [0, 0.1) is 0 Å². The van der Waals surface area contributed by atoms with Gasteiger partial charge in [0.15, 0.2) is 6.29 Å². The summed E-state index contributed by atoms with van der Waals surface area (Å²) in [4.78, 5) is 2.19. The Morgan fingerprint density at radius 1 is 0.559 bits per heavy atom. The van der Waals surface area contributed by atoms with E-state index >= 15 is 0 Å². The van der Waals surface area contributed by atoms with Gasteiger partial charge in [-0.2, -0.15) is 0 Å². The van der Waals surface area contributed by atoms with Crippen molar-refractivity contribution in [2.75, 3.05) is 27.3 Å². The highest BCUT2D eigenvalue weighted by molar-refractivity contribution is 4.97. The number of allylic oxidation sites excluding steroid dienone is 6. The highest BCUT2D eigenvalue weighted by Gasteiger charge is 2.20. The second-order valence-corrected chi connectivity index (χ2v) is 9.81. The molecule has 0 aliphatic heterocycles. The summed E-state index contributed by atoms with van der Waals surface area (Å²) < 4.78 is 12.2. The van der Waals surface area contributed by atoms with Gasteiger partial charge in [-0.15, -0.1) is 0 Å². The van der Waals surface area contributed by atoms with Gasteiger partial charge in [0, 0.05) is 13.2 Å². The van der Waals surface area contributed by atoms with Crippen molar-refractivity contribution in [2.24, 2.45) is 0 Å². The van der Waals surface area contributed by atoms with Gasteiger partial charge in [0.2, 0.25) is 0 Å². The molecule has 0 bridgehead atoms. The lowest BCUT2D eigenvalue weighted by Crippen LogP contribution is -2.40. The number of likely N-dealkylation sites (N-methyl/N-ethyl adjacent to an activating group) is 1. The normalized spacial score (nSPS) is 14.3. The lowest BCUT2D eigenvalue weighted by atomic mass is 10.1. The van der Waals surface area contributed by atoms with E-state index in [-0.39, 0.29) is 12.3 Å². The third-order valence-corrected chi connectivity index (χ3v) is 6.30. The van der Waals surface area contributed by atoms with E-state index in [2.05, 4.69) is 76.2 Å². The largest absolute Gasteiger partial charge is 0.351 e. The molecule has 2 atom stereocenters. The van der Waals surface area contributed by atoms with Crippen molar-refractivity contribution in [3.8, 4) is 0 Å². The van der Waals surface area contributed by atoms with E-state index in [0.717, 1.165) is 45.3 Å². The predicted octanol–water partition coefficient (Wildman–Crippen LogP) is 9.25. The molecule has 0 aromatic carbocycles. The van der Waals surface area contributed by atoms with Crippen molar-refractivity contribution >= 4 is 0 Å². The van der Waals surface area contributed by atoms with E-state index in [1.54, 1.807) is 0 Å². The van der Waals surface area contributed by atoms with E-state index in [9.17, 15) is 0 Å². The van der Waals surface area contributed by atoms with Gasteiger partial charge < -0.3 is 14.4 Å². The Hall–Kier alpha value is -0.900. The van der Waals surface area contributed by atoms with Crippen LogP contribution in [-0.4, -0.2) is 44.5 Å². The first-order valence-electron chi connectivity index (χ1n) is 14.5. The Balaban J connectivity index is 3.77. The number of ether oxygens (including phenoxy) is 2. The SMILES string of the molecule is CCCCC/C=C\C/C=C\C/C=C\CCCCCOC(OCCCCCCCC)[C@H](C)N(C)C. The summed E-state index contributed by atoms with van der Waals surface area (Å²) in [5.41, 5.74) is 0. The average Bonchev–Trinajstić information content (AvgIpc) is 2.83.